The largest absolute Gasteiger partial charge is 0.478 e. The van der Waals surface area contributed by atoms with E-state index in [-0.39, 0.29) is 12.7 Å². The van der Waals surface area contributed by atoms with E-state index in [9.17, 15) is 30.3 Å². The highest BCUT2D eigenvalue weighted by Gasteiger charge is 2.44. The molecular weight excluding hydrogens is 320 g/mol. The van der Waals surface area contributed by atoms with Gasteiger partial charge in [0.15, 0.2) is 6.29 Å². The first kappa shape index (κ1) is 19.3. The van der Waals surface area contributed by atoms with Gasteiger partial charge in [0, 0.05) is 5.57 Å². The van der Waals surface area contributed by atoms with E-state index < -0.39 is 42.1 Å². The zero-order valence-corrected chi connectivity index (χ0v) is 14.0. The molecule has 1 saturated heterocycles. The Morgan fingerprint density at radius 3 is 2.38 bits per heavy atom. The molecule has 1 aliphatic heterocycles. The van der Waals surface area contributed by atoms with Crippen LogP contribution in [0.5, 0.6) is 0 Å². The highest BCUT2D eigenvalue weighted by atomic mass is 16.6. The fraction of sp³-hybridized carbons (Fsp3) is 0.812. The van der Waals surface area contributed by atoms with Crippen LogP contribution in [0.4, 0.5) is 0 Å². The molecule has 8 nitrogen and oxygen atoms in total. The molecule has 5 N–H and O–H groups in total. The number of aliphatic hydroxyl groups is 4. The molecule has 0 aromatic rings. The number of aliphatic carboxylic acids is 1. The van der Waals surface area contributed by atoms with Gasteiger partial charge in [-0.1, -0.05) is 19.4 Å². The Morgan fingerprint density at radius 2 is 1.83 bits per heavy atom. The Hall–Kier alpha value is -1.03. The average molecular weight is 346 g/mol. The van der Waals surface area contributed by atoms with Gasteiger partial charge in [0.2, 0.25) is 0 Å². The number of carboxylic acids is 1. The van der Waals surface area contributed by atoms with Gasteiger partial charge in [-0.3, -0.25) is 0 Å². The molecule has 1 fully saturated rings. The molecule has 6 atom stereocenters. The first-order chi connectivity index (χ1) is 11.0. The number of aliphatic hydroxyl groups excluding tert-OH is 4. The summed E-state index contributed by atoms with van der Waals surface area (Å²) in [6.07, 6.45) is -6.39. The minimum absolute atomic E-state index is 0.0849. The Bertz CT molecular complexity index is 514. The quantitative estimate of drug-likeness (QED) is 0.455. The summed E-state index contributed by atoms with van der Waals surface area (Å²) in [5.74, 6) is -0.929. The fourth-order valence-electron chi connectivity index (χ4n) is 3.65. The van der Waals surface area contributed by atoms with Crippen LogP contribution in [0.1, 0.15) is 33.6 Å². The van der Waals surface area contributed by atoms with Gasteiger partial charge < -0.3 is 35.0 Å². The van der Waals surface area contributed by atoms with Crippen molar-refractivity contribution in [1.29, 1.82) is 0 Å². The fourth-order valence-corrected chi connectivity index (χ4v) is 3.65. The maximum absolute atomic E-state index is 11.4. The van der Waals surface area contributed by atoms with Crippen LogP contribution < -0.4 is 0 Å². The highest BCUT2D eigenvalue weighted by Crippen LogP contribution is 2.41. The molecule has 0 unspecified atom stereocenters. The van der Waals surface area contributed by atoms with E-state index in [1.54, 1.807) is 6.92 Å². The van der Waals surface area contributed by atoms with E-state index in [1.807, 2.05) is 13.8 Å². The molecule has 0 aromatic carbocycles. The van der Waals surface area contributed by atoms with Crippen molar-refractivity contribution in [2.45, 2.75) is 70.4 Å². The molecule has 1 heterocycles. The summed E-state index contributed by atoms with van der Waals surface area (Å²) in [6, 6.07) is 0. The normalized spacial score (nSPS) is 39.8. The summed E-state index contributed by atoms with van der Waals surface area (Å²) >= 11 is 0. The van der Waals surface area contributed by atoms with Crippen LogP contribution in [0.15, 0.2) is 11.1 Å². The topological polar surface area (TPSA) is 137 Å². The van der Waals surface area contributed by atoms with Crippen molar-refractivity contribution in [3.05, 3.63) is 11.1 Å². The van der Waals surface area contributed by atoms with E-state index in [2.05, 4.69) is 0 Å². The van der Waals surface area contributed by atoms with Crippen molar-refractivity contribution in [2.24, 2.45) is 5.41 Å². The molecule has 8 heteroatoms. The van der Waals surface area contributed by atoms with Gasteiger partial charge in [0.05, 0.1) is 12.7 Å². The van der Waals surface area contributed by atoms with Crippen molar-refractivity contribution >= 4 is 5.97 Å². The molecule has 138 valence electrons. The van der Waals surface area contributed by atoms with Crippen molar-refractivity contribution in [2.75, 3.05) is 6.61 Å². The summed E-state index contributed by atoms with van der Waals surface area (Å²) in [6.45, 7) is 5.35. The third-order valence-corrected chi connectivity index (χ3v) is 4.77. The summed E-state index contributed by atoms with van der Waals surface area (Å²) < 4.78 is 10.8. The van der Waals surface area contributed by atoms with Gasteiger partial charge in [-0.2, -0.15) is 0 Å². The average Bonchev–Trinajstić information content (AvgIpc) is 2.45. The van der Waals surface area contributed by atoms with Crippen LogP contribution in [0, 0.1) is 5.41 Å². The van der Waals surface area contributed by atoms with Crippen LogP contribution in [0.3, 0.4) is 0 Å². The lowest BCUT2D eigenvalue weighted by molar-refractivity contribution is -0.290. The summed E-state index contributed by atoms with van der Waals surface area (Å²) in [5, 5.41) is 47.9. The van der Waals surface area contributed by atoms with Crippen LogP contribution in [0.2, 0.25) is 0 Å². The minimum Gasteiger partial charge on any atom is -0.478 e. The predicted molar refractivity (Wildman–Crippen MR) is 82.0 cm³/mol. The van der Waals surface area contributed by atoms with Crippen molar-refractivity contribution in [3.8, 4) is 0 Å². The molecule has 0 amide bonds. The maximum atomic E-state index is 11.4. The van der Waals surface area contributed by atoms with Crippen molar-refractivity contribution < 1.29 is 39.8 Å². The Morgan fingerprint density at radius 1 is 1.21 bits per heavy atom. The molecule has 0 aromatic heterocycles. The predicted octanol–water partition coefficient (Wildman–Crippen LogP) is -0.607. The molecule has 24 heavy (non-hydrogen) atoms. The van der Waals surface area contributed by atoms with Gasteiger partial charge in [0.1, 0.15) is 24.4 Å². The lowest BCUT2D eigenvalue weighted by atomic mass is 9.71. The molecule has 1 aliphatic carbocycles. The van der Waals surface area contributed by atoms with Gasteiger partial charge in [0.25, 0.3) is 0 Å². The Kier molecular flexibility index (Phi) is 5.68. The van der Waals surface area contributed by atoms with Gasteiger partial charge in [-0.05, 0) is 25.2 Å². The molecular formula is C16H26O8. The lowest BCUT2D eigenvalue weighted by Crippen LogP contribution is -2.58. The monoisotopic (exact) mass is 346 g/mol. The van der Waals surface area contributed by atoms with Crippen LogP contribution in [-0.4, -0.2) is 74.9 Å². The second kappa shape index (κ2) is 7.07. The molecule has 2 rings (SSSR count). The second-order valence-corrected chi connectivity index (χ2v) is 7.24. The maximum Gasteiger partial charge on any atom is 0.332 e. The third kappa shape index (κ3) is 3.79. The van der Waals surface area contributed by atoms with Crippen molar-refractivity contribution in [1.82, 2.24) is 0 Å². The van der Waals surface area contributed by atoms with Crippen LogP contribution >= 0.6 is 0 Å². The number of hydrogen-bond donors (Lipinski definition) is 5. The van der Waals surface area contributed by atoms with Gasteiger partial charge >= 0.3 is 5.97 Å². The molecule has 2 aliphatic rings. The number of rotatable bonds is 4. The summed E-state index contributed by atoms with van der Waals surface area (Å²) in [5.41, 5.74) is 0.578. The number of hydrogen-bond acceptors (Lipinski definition) is 7. The standard InChI is InChI=1S/C16H26O8/c1-7-4-8(5-16(2,3)10(7)14(20)21)23-6-9-11(17)12(18)13(19)15(22)24-9/h8-9,11-13,15,17-19,22H,4-6H2,1-3H3,(H,20,21)/t8-,9-,11-,12+,13-,15-/m1/s1. The second-order valence-electron chi connectivity index (χ2n) is 7.24. The number of carbonyl (C=O) groups is 1. The van der Waals surface area contributed by atoms with Crippen LogP contribution in [0.25, 0.3) is 0 Å². The smallest absolute Gasteiger partial charge is 0.332 e. The Balaban J connectivity index is 2.00. The lowest BCUT2D eigenvalue weighted by Gasteiger charge is -2.40. The Labute approximate surface area is 140 Å². The zero-order valence-electron chi connectivity index (χ0n) is 14.0. The van der Waals surface area contributed by atoms with Gasteiger partial charge in [-0.25, -0.2) is 4.79 Å². The first-order valence-electron chi connectivity index (χ1n) is 7.97. The van der Waals surface area contributed by atoms with Gasteiger partial charge in [-0.15, -0.1) is 0 Å². The van der Waals surface area contributed by atoms with Crippen molar-refractivity contribution in [3.63, 3.8) is 0 Å². The minimum atomic E-state index is -1.60. The van der Waals surface area contributed by atoms with E-state index in [0.717, 1.165) is 5.57 Å². The molecule has 0 saturated carbocycles. The summed E-state index contributed by atoms with van der Waals surface area (Å²) in [7, 11) is 0. The number of carboxylic acid groups (broad SMARTS) is 1. The first-order valence-corrected chi connectivity index (χ1v) is 7.97. The third-order valence-electron chi connectivity index (χ3n) is 4.77. The molecule has 0 radical (unpaired) electrons. The number of ether oxygens (including phenoxy) is 2. The van der Waals surface area contributed by atoms with Crippen LogP contribution in [-0.2, 0) is 14.3 Å². The van der Waals surface area contributed by atoms with E-state index in [4.69, 9.17) is 9.47 Å². The van der Waals surface area contributed by atoms with E-state index >= 15 is 0 Å². The van der Waals surface area contributed by atoms with E-state index in [1.165, 1.54) is 0 Å². The SMILES string of the molecule is CC1=C(C(=O)O)C(C)(C)C[C@H](OC[C@H]2O[C@@H](O)[C@H](O)[C@@H](O)[C@@H]2O)C1. The summed E-state index contributed by atoms with van der Waals surface area (Å²) in [4.78, 5) is 11.4. The highest BCUT2D eigenvalue weighted by molar-refractivity contribution is 5.89. The molecule has 0 spiro atoms. The van der Waals surface area contributed by atoms with E-state index in [0.29, 0.717) is 18.4 Å². The zero-order chi connectivity index (χ0) is 18.2. The molecule has 0 bridgehead atoms.